The maximum atomic E-state index is 5.55. The van der Waals surface area contributed by atoms with Crippen LogP contribution in [0.1, 0.15) is 48.5 Å². The average molecular weight is 215 g/mol. The van der Waals surface area contributed by atoms with Crippen molar-refractivity contribution in [2.75, 3.05) is 19.8 Å². The second-order valence-corrected chi connectivity index (χ2v) is 6.35. The number of ether oxygens (including phenoxy) is 1. The summed E-state index contributed by atoms with van der Waals surface area (Å²) < 4.78 is 5.55. The van der Waals surface area contributed by atoms with Crippen LogP contribution in [0.4, 0.5) is 0 Å². The van der Waals surface area contributed by atoms with Crippen molar-refractivity contribution in [1.82, 2.24) is 5.32 Å². The fourth-order valence-electron chi connectivity index (χ4n) is 1.30. The topological polar surface area (TPSA) is 21.3 Å². The van der Waals surface area contributed by atoms with Crippen molar-refractivity contribution in [3.8, 4) is 0 Å². The van der Waals surface area contributed by atoms with Crippen molar-refractivity contribution >= 4 is 0 Å². The van der Waals surface area contributed by atoms with E-state index in [9.17, 15) is 0 Å². The Bertz CT molecular complexity index is 164. The molecule has 92 valence electrons. The molecule has 0 radical (unpaired) electrons. The van der Waals surface area contributed by atoms with Crippen LogP contribution >= 0.6 is 0 Å². The molecule has 0 aliphatic heterocycles. The van der Waals surface area contributed by atoms with Gasteiger partial charge in [0.05, 0.1) is 6.61 Å². The number of rotatable bonds is 5. The highest BCUT2D eigenvalue weighted by atomic mass is 16.5. The minimum Gasteiger partial charge on any atom is -0.381 e. The molecule has 1 unspecified atom stereocenters. The molecule has 0 aliphatic rings. The molecule has 0 rings (SSSR count). The standard InChI is InChI=1S/C13H29NO/c1-8-15-10-11(12(2,3)4)9-14-13(5,6)7/h11,14H,8-10H2,1-7H3. The molecule has 0 aromatic carbocycles. The maximum Gasteiger partial charge on any atom is 0.0511 e. The maximum absolute atomic E-state index is 5.55. The third kappa shape index (κ3) is 7.80. The molecule has 0 heterocycles. The Labute approximate surface area is 95.8 Å². The summed E-state index contributed by atoms with van der Waals surface area (Å²) in [6.07, 6.45) is 0. The quantitative estimate of drug-likeness (QED) is 0.761. The van der Waals surface area contributed by atoms with Gasteiger partial charge in [0.25, 0.3) is 0 Å². The average Bonchev–Trinajstić information content (AvgIpc) is 1.99. The fraction of sp³-hybridized carbons (Fsp3) is 1.00. The monoisotopic (exact) mass is 215 g/mol. The highest BCUT2D eigenvalue weighted by Gasteiger charge is 2.25. The Hall–Kier alpha value is -0.0800. The van der Waals surface area contributed by atoms with Gasteiger partial charge in [-0.05, 0) is 39.0 Å². The lowest BCUT2D eigenvalue weighted by atomic mass is 9.81. The Balaban J connectivity index is 4.14. The van der Waals surface area contributed by atoms with Crippen LogP contribution in [0.5, 0.6) is 0 Å². The Morgan fingerprint density at radius 3 is 1.93 bits per heavy atom. The van der Waals surface area contributed by atoms with E-state index in [-0.39, 0.29) is 5.54 Å². The lowest BCUT2D eigenvalue weighted by Crippen LogP contribution is -2.43. The molecule has 1 N–H and O–H groups in total. The number of hydrogen-bond acceptors (Lipinski definition) is 2. The minimum atomic E-state index is 0.190. The summed E-state index contributed by atoms with van der Waals surface area (Å²) in [7, 11) is 0. The largest absolute Gasteiger partial charge is 0.381 e. The van der Waals surface area contributed by atoms with E-state index < -0.39 is 0 Å². The first-order chi connectivity index (χ1) is 6.67. The van der Waals surface area contributed by atoms with Gasteiger partial charge >= 0.3 is 0 Å². The molecule has 0 amide bonds. The zero-order chi connectivity index (χ0) is 12.1. The minimum absolute atomic E-state index is 0.190. The summed E-state index contributed by atoms with van der Waals surface area (Å²) >= 11 is 0. The summed E-state index contributed by atoms with van der Waals surface area (Å²) in [5, 5.41) is 3.56. The van der Waals surface area contributed by atoms with Gasteiger partial charge in [-0.3, -0.25) is 0 Å². The van der Waals surface area contributed by atoms with Crippen LogP contribution in [0.3, 0.4) is 0 Å². The Morgan fingerprint density at radius 1 is 1.07 bits per heavy atom. The summed E-state index contributed by atoms with van der Waals surface area (Å²) in [6.45, 7) is 18.2. The van der Waals surface area contributed by atoms with Gasteiger partial charge in [-0.25, -0.2) is 0 Å². The van der Waals surface area contributed by atoms with Gasteiger partial charge in [-0.15, -0.1) is 0 Å². The van der Waals surface area contributed by atoms with E-state index in [4.69, 9.17) is 4.74 Å². The second kappa shape index (κ2) is 5.86. The van der Waals surface area contributed by atoms with Crippen LogP contribution in [-0.4, -0.2) is 25.3 Å². The Morgan fingerprint density at radius 2 is 1.60 bits per heavy atom. The van der Waals surface area contributed by atoms with Gasteiger partial charge in [-0.2, -0.15) is 0 Å². The molecule has 2 nitrogen and oxygen atoms in total. The highest BCUT2D eigenvalue weighted by molar-refractivity contribution is 4.79. The normalized spacial score (nSPS) is 15.4. The highest BCUT2D eigenvalue weighted by Crippen LogP contribution is 2.26. The SMILES string of the molecule is CCOCC(CNC(C)(C)C)C(C)(C)C. The molecule has 0 spiro atoms. The van der Waals surface area contributed by atoms with Crippen molar-refractivity contribution in [2.45, 2.75) is 54.0 Å². The molecule has 0 saturated heterocycles. The summed E-state index contributed by atoms with van der Waals surface area (Å²) in [5.74, 6) is 0.566. The zero-order valence-corrected chi connectivity index (χ0v) is 11.6. The van der Waals surface area contributed by atoms with Crippen LogP contribution < -0.4 is 5.32 Å². The molecule has 2 heteroatoms. The van der Waals surface area contributed by atoms with E-state index in [2.05, 4.69) is 53.8 Å². The van der Waals surface area contributed by atoms with Crippen LogP contribution in [0.25, 0.3) is 0 Å². The van der Waals surface area contributed by atoms with Gasteiger partial charge in [0.1, 0.15) is 0 Å². The van der Waals surface area contributed by atoms with Crippen molar-refractivity contribution in [3.63, 3.8) is 0 Å². The molecule has 0 bridgehead atoms. The van der Waals surface area contributed by atoms with Crippen molar-refractivity contribution < 1.29 is 4.74 Å². The third-order valence-corrected chi connectivity index (χ3v) is 2.63. The third-order valence-electron chi connectivity index (χ3n) is 2.63. The smallest absolute Gasteiger partial charge is 0.0511 e. The van der Waals surface area contributed by atoms with Gasteiger partial charge in [0.2, 0.25) is 0 Å². The lowest BCUT2D eigenvalue weighted by Gasteiger charge is -2.33. The molecule has 1 atom stereocenters. The molecular formula is C13H29NO. The van der Waals surface area contributed by atoms with Crippen LogP contribution in [-0.2, 0) is 4.74 Å². The van der Waals surface area contributed by atoms with E-state index in [1.807, 2.05) is 0 Å². The van der Waals surface area contributed by atoms with Crippen molar-refractivity contribution in [1.29, 1.82) is 0 Å². The second-order valence-electron chi connectivity index (χ2n) is 6.35. The van der Waals surface area contributed by atoms with Crippen LogP contribution in [0.15, 0.2) is 0 Å². The molecule has 0 saturated carbocycles. The van der Waals surface area contributed by atoms with E-state index in [1.54, 1.807) is 0 Å². The van der Waals surface area contributed by atoms with E-state index in [1.165, 1.54) is 0 Å². The first-order valence-corrected chi connectivity index (χ1v) is 5.99. The fourth-order valence-corrected chi connectivity index (χ4v) is 1.30. The first-order valence-electron chi connectivity index (χ1n) is 5.99. The van der Waals surface area contributed by atoms with Gasteiger partial charge < -0.3 is 10.1 Å². The van der Waals surface area contributed by atoms with Crippen molar-refractivity contribution in [3.05, 3.63) is 0 Å². The van der Waals surface area contributed by atoms with E-state index >= 15 is 0 Å². The molecule has 0 aliphatic carbocycles. The summed E-state index contributed by atoms with van der Waals surface area (Å²) in [4.78, 5) is 0. The van der Waals surface area contributed by atoms with Gasteiger partial charge in [-0.1, -0.05) is 20.8 Å². The predicted molar refractivity (Wildman–Crippen MR) is 67.2 cm³/mol. The van der Waals surface area contributed by atoms with Gasteiger partial charge in [0.15, 0.2) is 0 Å². The molecule has 15 heavy (non-hydrogen) atoms. The van der Waals surface area contributed by atoms with Crippen LogP contribution in [0, 0.1) is 11.3 Å². The first kappa shape index (κ1) is 14.9. The molecule has 0 aromatic rings. The Kier molecular flexibility index (Phi) is 5.82. The summed E-state index contributed by atoms with van der Waals surface area (Å²) in [5.41, 5.74) is 0.489. The van der Waals surface area contributed by atoms with Gasteiger partial charge in [0, 0.05) is 18.7 Å². The zero-order valence-electron chi connectivity index (χ0n) is 11.6. The number of nitrogens with one attached hydrogen (secondary N) is 1. The molecular weight excluding hydrogens is 186 g/mol. The molecule has 0 aromatic heterocycles. The number of hydrogen-bond donors (Lipinski definition) is 1. The van der Waals surface area contributed by atoms with E-state index in [0.29, 0.717) is 11.3 Å². The molecule has 0 fully saturated rings. The summed E-state index contributed by atoms with van der Waals surface area (Å²) in [6, 6.07) is 0. The van der Waals surface area contributed by atoms with Crippen LogP contribution in [0.2, 0.25) is 0 Å². The van der Waals surface area contributed by atoms with Crippen molar-refractivity contribution in [2.24, 2.45) is 11.3 Å². The van der Waals surface area contributed by atoms with E-state index in [0.717, 1.165) is 19.8 Å². The predicted octanol–water partition coefficient (Wildman–Crippen LogP) is 3.07. The lowest BCUT2D eigenvalue weighted by molar-refractivity contribution is 0.0593.